The Bertz CT molecular complexity index is 1170. The van der Waals surface area contributed by atoms with Crippen molar-refractivity contribution in [3.8, 4) is 0 Å². The lowest BCUT2D eigenvalue weighted by molar-refractivity contribution is -0.137. The van der Waals surface area contributed by atoms with Gasteiger partial charge in [-0.05, 0) is 48.2 Å². The van der Waals surface area contributed by atoms with Gasteiger partial charge < -0.3 is 10.2 Å². The lowest BCUT2D eigenvalue weighted by Crippen LogP contribution is -2.40. The summed E-state index contributed by atoms with van der Waals surface area (Å²) in [4.78, 5) is 29.8. The molecule has 3 aromatic rings. The second-order valence-corrected chi connectivity index (χ2v) is 9.70. The van der Waals surface area contributed by atoms with Crippen LogP contribution in [-0.2, 0) is 28.7 Å². The number of thiophene rings is 1. The van der Waals surface area contributed by atoms with E-state index in [1.54, 1.807) is 11.3 Å². The fourth-order valence-electron chi connectivity index (χ4n) is 4.30. The Hall–Kier alpha value is -3.13. The van der Waals surface area contributed by atoms with Gasteiger partial charge in [0.15, 0.2) is 0 Å². The van der Waals surface area contributed by atoms with Crippen LogP contribution in [0.4, 0.5) is 13.2 Å². The molecule has 2 aromatic carbocycles. The van der Waals surface area contributed by atoms with Crippen LogP contribution in [0.3, 0.4) is 0 Å². The highest BCUT2D eigenvalue weighted by molar-refractivity contribution is 7.12. The maximum atomic E-state index is 13.2. The third-order valence-electron chi connectivity index (χ3n) is 5.90. The molecular weight excluding hydrogens is 461 g/mol. The molecule has 0 radical (unpaired) electrons. The van der Waals surface area contributed by atoms with Crippen LogP contribution in [0.15, 0.2) is 60.7 Å². The molecule has 0 spiro atoms. The zero-order valence-corrected chi connectivity index (χ0v) is 19.5. The number of alkyl halides is 3. The van der Waals surface area contributed by atoms with E-state index in [9.17, 15) is 22.8 Å². The van der Waals surface area contributed by atoms with E-state index in [-0.39, 0.29) is 37.2 Å². The van der Waals surface area contributed by atoms with Gasteiger partial charge in [0.05, 0.1) is 11.6 Å². The van der Waals surface area contributed by atoms with E-state index in [1.165, 1.54) is 21.9 Å². The Kier molecular flexibility index (Phi) is 7.07. The molecule has 0 saturated heterocycles. The molecule has 4 nitrogen and oxygen atoms in total. The summed E-state index contributed by atoms with van der Waals surface area (Å²) in [6.45, 7) is 2.62. The Morgan fingerprint density at radius 3 is 2.56 bits per heavy atom. The number of hydrogen-bond acceptors (Lipinski definition) is 3. The zero-order chi connectivity index (χ0) is 24.3. The number of halogens is 3. The van der Waals surface area contributed by atoms with Crippen LogP contribution >= 0.6 is 11.3 Å². The highest BCUT2D eigenvalue weighted by Gasteiger charge is 2.33. The van der Waals surface area contributed by atoms with Gasteiger partial charge in [-0.15, -0.1) is 11.3 Å². The van der Waals surface area contributed by atoms with Crippen LogP contribution in [0.25, 0.3) is 0 Å². The van der Waals surface area contributed by atoms with E-state index in [4.69, 9.17) is 0 Å². The van der Waals surface area contributed by atoms with Crippen LogP contribution < -0.4 is 5.32 Å². The number of nitrogens with one attached hydrogen (secondary N) is 1. The van der Waals surface area contributed by atoms with E-state index < -0.39 is 11.7 Å². The van der Waals surface area contributed by atoms with E-state index in [0.29, 0.717) is 12.1 Å². The molecule has 1 aliphatic rings. The van der Waals surface area contributed by atoms with Crippen molar-refractivity contribution in [2.45, 2.75) is 44.9 Å². The van der Waals surface area contributed by atoms with Crippen molar-refractivity contribution in [3.05, 3.63) is 92.7 Å². The van der Waals surface area contributed by atoms with Crippen molar-refractivity contribution < 1.29 is 22.8 Å². The van der Waals surface area contributed by atoms with Gasteiger partial charge in [0.2, 0.25) is 11.8 Å². The first-order valence-corrected chi connectivity index (χ1v) is 11.9. The van der Waals surface area contributed by atoms with Gasteiger partial charge in [-0.3, -0.25) is 9.59 Å². The van der Waals surface area contributed by atoms with Crippen molar-refractivity contribution in [3.63, 3.8) is 0 Å². The minimum atomic E-state index is -4.43. The average Bonchev–Trinajstić information content (AvgIpc) is 3.21. The lowest BCUT2D eigenvalue weighted by atomic mass is 9.92. The average molecular weight is 487 g/mol. The Balaban J connectivity index is 1.39. The van der Waals surface area contributed by atoms with Crippen LogP contribution in [0.5, 0.6) is 0 Å². The summed E-state index contributed by atoms with van der Waals surface area (Å²) >= 11 is 1.76. The number of rotatable bonds is 6. The third-order valence-corrected chi connectivity index (χ3v) is 7.02. The van der Waals surface area contributed by atoms with E-state index >= 15 is 0 Å². The first-order valence-electron chi connectivity index (χ1n) is 11.1. The van der Waals surface area contributed by atoms with Crippen molar-refractivity contribution in [1.82, 2.24) is 10.2 Å². The smallest absolute Gasteiger partial charge is 0.352 e. The number of amides is 2. The molecule has 0 bridgehead atoms. The summed E-state index contributed by atoms with van der Waals surface area (Å²) in [6, 6.07) is 16.7. The SMILES string of the molecule is Cc1cc2c(s1)CCN(C(=O)CCC(=O)NCc1cccc(C(F)(F)F)c1)C2c1ccccc1. The second kappa shape index (κ2) is 10.0. The molecule has 0 saturated carbocycles. The molecule has 1 aromatic heterocycles. The molecule has 4 rings (SSSR count). The van der Waals surface area contributed by atoms with Crippen molar-refractivity contribution >= 4 is 23.2 Å². The highest BCUT2D eigenvalue weighted by Crippen LogP contribution is 2.39. The molecule has 0 fully saturated rings. The predicted octanol–water partition coefficient (Wildman–Crippen LogP) is 5.65. The predicted molar refractivity (Wildman–Crippen MR) is 125 cm³/mol. The Morgan fingerprint density at radius 2 is 1.82 bits per heavy atom. The number of carbonyl (C=O) groups is 2. The Labute approximate surface area is 200 Å². The van der Waals surface area contributed by atoms with Gasteiger partial charge in [0.25, 0.3) is 0 Å². The molecule has 1 unspecified atom stereocenters. The van der Waals surface area contributed by atoms with Gasteiger partial charge in [-0.25, -0.2) is 0 Å². The minimum Gasteiger partial charge on any atom is -0.352 e. The van der Waals surface area contributed by atoms with Crippen LogP contribution in [-0.4, -0.2) is 23.3 Å². The summed E-state index contributed by atoms with van der Waals surface area (Å²) in [5.41, 5.74) is 1.77. The zero-order valence-electron chi connectivity index (χ0n) is 18.7. The molecule has 0 aliphatic carbocycles. The molecule has 1 atom stereocenters. The van der Waals surface area contributed by atoms with E-state index in [1.807, 2.05) is 35.2 Å². The van der Waals surface area contributed by atoms with E-state index in [2.05, 4.69) is 18.3 Å². The minimum absolute atomic E-state index is 0.0225. The quantitative estimate of drug-likeness (QED) is 0.490. The van der Waals surface area contributed by atoms with Crippen molar-refractivity contribution in [2.24, 2.45) is 0 Å². The summed E-state index contributed by atoms with van der Waals surface area (Å²) < 4.78 is 38.6. The summed E-state index contributed by atoms with van der Waals surface area (Å²) in [6.07, 6.45) is -3.64. The normalized spacial score (nSPS) is 15.6. The Morgan fingerprint density at radius 1 is 1.06 bits per heavy atom. The maximum absolute atomic E-state index is 13.2. The molecule has 1 aliphatic heterocycles. The van der Waals surface area contributed by atoms with Crippen LogP contribution in [0, 0.1) is 6.92 Å². The number of benzene rings is 2. The standard InChI is InChI=1S/C26H25F3N2O2S/c1-17-14-21-22(34-17)12-13-31(25(21)19-7-3-2-4-8-19)24(33)11-10-23(32)30-16-18-6-5-9-20(15-18)26(27,28)29/h2-9,14-15,25H,10-13,16H2,1H3,(H,30,32). The van der Waals surface area contributed by atoms with E-state index in [0.717, 1.165) is 29.7 Å². The summed E-state index contributed by atoms with van der Waals surface area (Å²) in [5, 5.41) is 2.62. The third kappa shape index (κ3) is 5.50. The van der Waals surface area contributed by atoms with Crippen molar-refractivity contribution in [2.75, 3.05) is 6.54 Å². The fraction of sp³-hybridized carbons (Fsp3) is 0.308. The number of nitrogens with zero attached hydrogens (tertiary/aromatic N) is 1. The molecule has 2 amide bonds. The van der Waals surface area contributed by atoms with Crippen LogP contribution in [0.2, 0.25) is 0 Å². The summed E-state index contributed by atoms with van der Waals surface area (Å²) in [7, 11) is 0. The highest BCUT2D eigenvalue weighted by atomic mass is 32.1. The molecule has 8 heteroatoms. The van der Waals surface area contributed by atoms with Gasteiger partial charge in [-0.1, -0.05) is 42.5 Å². The summed E-state index contributed by atoms with van der Waals surface area (Å²) in [5.74, 6) is -0.483. The number of aryl methyl sites for hydroxylation is 1. The molecule has 34 heavy (non-hydrogen) atoms. The number of fused-ring (bicyclic) bond motifs is 1. The van der Waals surface area contributed by atoms with Gasteiger partial charge in [0.1, 0.15) is 0 Å². The van der Waals surface area contributed by atoms with Crippen molar-refractivity contribution in [1.29, 1.82) is 0 Å². The fourth-order valence-corrected chi connectivity index (χ4v) is 5.36. The van der Waals surface area contributed by atoms with Gasteiger partial charge >= 0.3 is 6.18 Å². The first-order chi connectivity index (χ1) is 16.2. The topological polar surface area (TPSA) is 49.4 Å². The first kappa shape index (κ1) is 24.0. The lowest BCUT2D eigenvalue weighted by Gasteiger charge is -2.36. The molecule has 2 heterocycles. The molecule has 1 N–H and O–H groups in total. The van der Waals surface area contributed by atoms with Gasteiger partial charge in [0, 0.05) is 35.7 Å². The molecule has 178 valence electrons. The second-order valence-electron chi connectivity index (χ2n) is 8.36. The maximum Gasteiger partial charge on any atom is 0.416 e. The monoisotopic (exact) mass is 486 g/mol. The largest absolute Gasteiger partial charge is 0.416 e. The molecular formula is C26H25F3N2O2S. The van der Waals surface area contributed by atoms with Gasteiger partial charge in [-0.2, -0.15) is 13.2 Å². The number of hydrogen-bond donors (Lipinski definition) is 1. The van der Waals surface area contributed by atoms with Crippen LogP contribution in [0.1, 0.15) is 50.9 Å². The number of carbonyl (C=O) groups excluding carboxylic acids is 2.